The molecule has 8 heteroatoms. The van der Waals surface area contributed by atoms with E-state index in [1.54, 1.807) is 0 Å². The standard InChI is InChI=1S/C17H22N4O2.2BrH/c1-12-15(16(22)23-11-7-10-19(2)3)21-14-9-6-5-8-13(14)20(4)17(21)18-12;;/h5-6,8-9H,7,10-11H2,1-4H3;2*1H. The van der Waals surface area contributed by atoms with Crippen LogP contribution in [0.2, 0.25) is 0 Å². The first-order valence-electron chi connectivity index (χ1n) is 7.75. The summed E-state index contributed by atoms with van der Waals surface area (Å²) >= 11 is 0. The Balaban J connectivity index is 0.00000156. The third kappa shape index (κ3) is 4.07. The lowest BCUT2D eigenvalue weighted by molar-refractivity contribution is 0.0484. The maximum absolute atomic E-state index is 12.5. The second kappa shape index (κ2) is 8.82. The molecule has 3 rings (SSSR count). The van der Waals surface area contributed by atoms with Gasteiger partial charge in [-0.2, -0.15) is 0 Å². The van der Waals surface area contributed by atoms with Crippen molar-refractivity contribution in [1.82, 2.24) is 18.9 Å². The van der Waals surface area contributed by atoms with Crippen LogP contribution in [0.1, 0.15) is 22.6 Å². The zero-order chi connectivity index (χ0) is 16.6. The predicted octanol–water partition coefficient (Wildman–Crippen LogP) is 3.40. The van der Waals surface area contributed by atoms with Crippen LogP contribution < -0.4 is 0 Å². The fourth-order valence-corrected chi connectivity index (χ4v) is 2.87. The molecule has 0 bridgehead atoms. The molecule has 6 nitrogen and oxygen atoms in total. The lowest BCUT2D eigenvalue weighted by Crippen LogP contribution is -2.17. The Labute approximate surface area is 168 Å². The Morgan fingerprint density at radius 3 is 2.48 bits per heavy atom. The molecule has 0 amide bonds. The number of ether oxygens (including phenoxy) is 1. The Morgan fingerprint density at radius 1 is 1.20 bits per heavy atom. The number of para-hydroxylation sites is 2. The summed E-state index contributed by atoms with van der Waals surface area (Å²) in [6.45, 7) is 3.15. The number of imidazole rings is 2. The number of esters is 1. The van der Waals surface area contributed by atoms with Crippen molar-refractivity contribution in [3.63, 3.8) is 0 Å². The molecular formula is C17H24Br2N4O2. The zero-order valence-electron chi connectivity index (χ0n) is 14.9. The summed E-state index contributed by atoms with van der Waals surface area (Å²) in [5.74, 6) is 0.439. The van der Waals surface area contributed by atoms with Gasteiger partial charge in [0.15, 0.2) is 5.69 Å². The number of hydrogen-bond acceptors (Lipinski definition) is 4. The number of benzene rings is 1. The van der Waals surface area contributed by atoms with Gasteiger partial charge in [0.05, 0.1) is 23.3 Å². The van der Waals surface area contributed by atoms with E-state index in [4.69, 9.17) is 4.74 Å². The van der Waals surface area contributed by atoms with Gasteiger partial charge < -0.3 is 14.2 Å². The molecule has 1 aromatic carbocycles. The monoisotopic (exact) mass is 474 g/mol. The number of aryl methyl sites for hydroxylation is 2. The number of fused-ring (bicyclic) bond motifs is 3. The van der Waals surface area contributed by atoms with Crippen molar-refractivity contribution in [3.05, 3.63) is 35.7 Å². The van der Waals surface area contributed by atoms with Gasteiger partial charge in [0.1, 0.15) is 0 Å². The van der Waals surface area contributed by atoms with E-state index in [0.717, 1.165) is 29.8 Å². The quantitative estimate of drug-likeness (QED) is 0.419. The lowest BCUT2D eigenvalue weighted by Gasteiger charge is -2.09. The molecule has 0 aliphatic heterocycles. The van der Waals surface area contributed by atoms with Crippen LogP contribution in [-0.2, 0) is 11.8 Å². The molecule has 2 heterocycles. The summed E-state index contributed by atoms with van der Waals surface area (Å²) in [4.78, 5) is 19.1. The van der Waals surface area contributed by atoms with Gasteiger partial charge in [-0.15, -0.1) is 34.0 Å². The lowest BCUT2D eigenvalue weighted by atomic mass is 10.3. The molecule has 3 aromatic rings. The van der Waals surface area contributed by atoms with Crippen molar-refractivity contribution in [3.8, 4) is 0 Å². The Hall–Kier alpha value is -1.38. The van der Waals surface area contributed by atoms with E-state index < -0.39 is 0 Å². The maximum atomic E-state index is 12.5. The van der Waals surface area contributed by atoms with Crippen LogP contribution >= 0.6 is 34.0 Å². The van der Waals surface area contributed by atoms with Gasteiger partial charge in [0.25, 0.3) is 0 Å². The highest BCUT2D eigenvalue weighted by atomic mass is 79.9. The molecule has 0 aliphatic rings. The van der Waals surface area contributed by atoms with E-state index in [-0.39, 0.29) is 39.9 Å². The summed E-state index contributed by atoms with van der Waals surface area (Å²) in [6.07, 6.45) is 0.815. The van der Waals surface area contributed by atoms with Gasteiger partial charge >= 0.3 is 5.97 Å². The van der Waals surface area contributed by atoms with Crippen LogP contribution in [-0.4, -0.2) is 52.1 Å². The molecular weight excluding hydrogens is 452 g/mol. The van der Waals surface area contributed by atoms with Crippen LogP contribution in [0.25, 0.3) is 16.8 Å². The molecule has 0 saturated carbocycles. The van der Waals surface area contributed by atoms with E-state index in [9.17, 15) is 4.79 Å². The van der Waals surface area contributed by atoms with E-state index >= 15 is 0 Å². The number of carbonyl (C=O) groups excluding carboxylic acids is 1. The molecule has 25 heavy (non-hydrogen) atoms. The first kappa shape index (κ1) is 21.7. The topological polar surface area (TPSA) is 51.8 Å². The van der Waals surface area contributed by atoms with Gasteiger partial charge in [0, 0.05) is 13.6 Å². The van der Waals surface area contributed by atoms with Gasteiger partial charge in [-0.05, 0) is 39.6 Å². The number of hydrogen-bond donors (Lipinski definition) is 0. The number of nitrogens with zero attached hydrogens (tertiary/aromatic N) is 4. The van der Waals surface area contributed by atoms with Gasteiger partial charge in [-0.1, -0.05) is 12.1 Å². The second-order valence-corrected chi connectivity index (χ2v) is 6.02. The fourth-order valence-electron chi connectivity index (χ4n) is 2.87. The zero-order valence-corrected chi connectivity index (χ0v) is 18.3. The van der Waals surface area contributed by atoms with Crippen molar-refractivity contribution in [2.45, 2.75) is 13.3 Å². The predicted molar refractivity (Wildman–Crippen MR) is 111 cm³/mol. The SMILES string of the molecule is Br.Br.Cc1nc2n(C)c3ccccc3n2c1C(=O)OCCCN(C)C. The average Bonchev–Trinajstić information content (AvgIpc) is 2.99. The van der Waals surface area contributed by atoms with Crippen molar-refractivity contribution < 1.29 is 9.53 Å². The molecule has 2 aromatic heterocycles. The number of aromatic nitrogens is 3. The third-order valence-electron chi connectivity index (χ3n) is 3.99. The van der Waals surface area contributed by atoms with Crippen LogP contribution in [0.4, 0.5) is 0 Å². The average molecular weight is 476 g/mol. The van der Waals surface area contributed by atoms with E-state index in [1.165, 1.54) is 0 Å². The molecule has 0 N–H and O–H groups in total. The fraction of sp³-hybridized carbons (Fsp3) is 0.412. The molecule has 0 aliphatic carbocycles. The number of rotatable bonds is 5. The normalized spacial score (nSPS) is 10.8. The Kier molecular flexibility index (Phi) is 7.64. The molecule has 0 saturated heterocycles. The Bertz CT molecular complexity index is 870. The van der Waals surface area contributed by atoms with Gasteiger partial charge in [-0.3, -0.25) is 4.40 Å². The molecule has 0 spiro atoms. The molecule has 0 atom stereocenters. The minimum atomic E-state index is -0.315. The Morgan fingerprint density at radius 2 is 1.84 bits per heavy atom. The molecule has 138 valence electrons. The summed E-state index contributed by atoms with van der Waals surface area (Å²) in [5.41, 5.74) is 3.21. The minimum absolute atomic E-state index is 0. The van der Waals surface area contributed by atoms with Crippen molar-refractivity contribution in [2.75, 3.05) is 27.2 Å². The molecule has 0 radical (unpaired) electrons. The third-order valence-corrected chi connectivity index (χ3v) is 3.99. The minimum Gasteiger partial charge on any atom is -0.461 e. The van der Waals surface area contributed by atoms with Crippen LogP contribution in [0.15, 0.2) is 24.3 Å². The molecule has 0 unspecified atom stereocenters. The summed E-state index contributed by atoms with van der Waals surface area (Å²) in [6, 6.07) is 7.95. The van der Waals surface area contributed by atoms with Gasteiger partial charge in [-0.25, -0.2) is 9.78 Å². The first-order valence-corrected chi connectivity index (χ1v) is 7.75. The van der Waals surface area contributed by atoms with Crippen LogP contribution in [0.3, 0.4) is 0 Å². The van der Waals surface area contributed by atoms with E-state index in [0.29, 0.717) is 18.0 Å². The van der Waals surface area contributed by atoms with Gasteiger partial charge in [0.2, 0.25) is 5.78 Å². The molecule has 0 fully saturated rings. The van der Waals surface area contributed by atoms with Crippen molar-refractivity contribution in [1.29, 1.82) is 0 Å². The van der Waals surface area contributed by atoms with E-state index in [1.807, 2.05) is 61.3 Å². The van der Waals surface area contributed by atoms with Crippen LogP contribution in [0, 0.1) is 6.92 Å². The highest BCUT2D eigenvalue weighted by Gasteiger charge is 2.22. The largest absolute Gasteiger partial charge is 0.461 e. The highest BCUT2D eigenvalue weighted by molar-refractivity contribution is 8.93. The van der Waals surface area contributed by atoms with Crippen molar-refractivity contribution in [2.24, 2.45) is 7.05 Å². The summed E-state index contributed by atoms with van der Waals surface area (Å²) < 4.78 is 9.33. The maximum Gasteiger partial charge on any atom is 0.357 e. The van der Waals surface area contributed by atoms with E-state index in [2.05, 4.69) is 9.88 Å². The van der Waals surface area contributed by atoms with Crippen molar-refractivity contribution >= 4 is 56.7 Å². The smallest absolute Gasteiger partial charge is 0.357 e. The highest BCUT2D eigenvalue weighted by Crippen LogP contribution is 2.23. The number of carbonyl (C=O) groups is 1. The summed E-state index contributed by atoms with van der Waals surface area (Å²) in [5, 5.41) is 0. The van der Waals surface area contributed by atoms with Crippen LogP contribution in [0.5, 0.6) is 0 Å². The first-order chi connectivity index (χ1) is 11.0. The summed E-state index contributed by atoms with van der Waals surface area (Å²) in [7, 11) is 5.96. The second-order valence-electron chi connectivity index (χ2n) is 6.02. The number of halogens is 2.